The highest BCUT2D eigenvalue weighted by Gasteiger charge is 2.36. The maximum Gasteiger partial charge on any atom is 0.435 e. The van der Waals surface area contributed by atoms with E-state index in [1.54, 1.807) is 11.6 Å². The Balaban J connectivity index is 2.10. The largest absolute Gasteiger partial charge is 0.435 e. The first-order valence-electron chi connectivity index (χ1n) is 7.37. The van der Waals surface area contributed by atoms with E-state index in [0.717, 1.165) is 21.8 Å². The molecule has 0 fully saturated rings. The van der Waals surface area contributed by atoms with Gasteiger partial charge < -0.3 is 4.57 Å². The standard InChI is InChI=1S/C17H11F3N4O/c1-23-12-6-3-2-5-10(12)11-9-22-24(16(25)14(11)23)13-7-4-8-21-15(13)17(18,19)20/h2-9H,1H3. The normalized spacial score (nSPS) is 12.2. The summed E-state index contributed by atoms with van der Waals surface area (Å²) in [5.74, 6) is 0. The van der Waals surface area contributed by atoms with E-state index < -0.39 is 23.1 Å². The molecule has 1 aromatic carbocycles. The molecular weight excluding hydrogens is 333 g/mol. The second-order valence-electron chi connectivity index (χ2n) is 5.57. The lowest BCUT2D eigenvalue weighted by Gasteiger charge is -2.12. The van der Waals surface area contributed by atoms with Gasteiger partial charge in [-0.15, -0.1) is 0 Å². The molecule has 126 valence electrons. The molecule has 0 amide bonds. The Morgan fingerprint density at radius 2 is 1.80 bits per heavy atom. The van der Waals surface area contributed by atoms with Crippen LogP contribution < -0.4 is 5.56 Å². The molecule has 0 aliphatic carbocycles. The number of hydrogen-bond acceptors (Lipinski definition) is 3. The Labute approximate surface area is 138 Å². The second-order valence-corrected chi connectivity index (χ2v) is 5.57. The fourth-order valence-electron chi connectivity index (χ4n) is 3.04. The van der Waals surface area contributed by atoms with Gasteiger partial charge in [0.25, 0.3) is 5.56 Å². The topological polar surface area (TPSA) is 52.7 Å². The van der Waals surface area contributed by atoms with Gasteiger partial charge in [-0.2, -0.15) is 23.0 Å². The van der Waals surface area contributed by atoms with Crippen molar-refractivity contribution in [3.8, 4) is 5.69 Å². The van der Waals surface area contributed by atoms with Crippen molar-refractivity contribution in [1.82, 2.24) is 19.3 Å². The smallest absolute Gasteiger partial charge is 0.339 e. The molecule has 25 heavy (non-hydrogen) atoms. The molecule has 0 spiro atoms. The van der Waals surface area contributed by atoms with Crippen LogP contribution >= 0.6 is 0 Å². The van der Waals surface area contributed by atoms with Gasteiger partial charge >= 0.3 is 6.18 Å². The van der Waals surface area contributed by atoms with Crippen LogP contribution in [-0.4, -0.2) is 19.3 Å². The Kier molecular flexibility index (Phi) is 3.18. The number of fused-ring (bicyclic) bond motifs is 3. The van der Waals surface area contributed by atoms with Crippen LogP contribution in [0.1, 0.15) is 5.69 Å². The number of rotatable bonds is 1. The highest BCUT2D eigenvalue weighted by Crippen LogP contribution is 2.31. The van der Waals surface area contributed by atoms with Crippen molar-refractivity contribution in [3.05, 3.63) is 64.8 Å². The SMILES string of the molecule is Cn1c2ccccc2c2cnn(-c3cccnc3C(F)(F)F)c(=O)c21. The van der Waals surface area contributed by atoms with Crippen molar-refractivity contribution in [2.24, 2.45) is 7.05 Å². The maximum absolute atomic E-state index is 13.2. The monoisotopic (exact) mass is 344 g/mol. The first-order chi connectivity index (χ1) is 11.9. The Bertz CT molecular complexity index is 1170. The lowest BCUT2D eigenvalue weighted by Crippen LogP contribution is -2.25. The molecule has 3 heterocycles. The van der Waals surface area contributed by atoms with Crippen molar-refractivity contribution in [2.75, 3.05) is 0 Å². The summed E-state index contributed by atoms with van der Waals surface area (Å²) in [6.07, 6.45) is -2.25. The van der Waals surface area contributed by atoms with Crippen LogP contribution in [0.15, 0.2) is 53.6 Å². The van der Waals surface area contributed by atoms with Crippen molar-refractivity contribution < 1.29 is 13.2 Å². The van der Waals surface area contributed by atoms with Gasteiger partial charge in [0.15, 0.2) is 5.69 Å². The Morgan fingerprint density at radius 1 is 1.04 bits per heavy atom. The van der Waals surface area contributed by atoms with Crippen LogP contribution in [0, 0.1) is 0 Å². The van der Waals surface area contributed by atoms with Crippen LogP contribution in [0.3, 0.4) is 0 Å². The Morgan fingerprint density at radius 3 is 2.56 bits per heavy atom. The van der Waals surface area contributed by atoms with E-state index in [0.29, 0.717) is 5.39 Å². The Hall–Kier alpha value is -3.16. The van der Waals surface area contributed by atoms with Crippen LogP contribution in [0.25, 0.3) is 27.5 Å². The molecule has 0 unspecified atom stereocenters. The molecule has 4 aromatic rings. The van der Waals surface area contributed by atoms with E-state index in [-0.39, 0.29) is 5.52 Å². The third-order valence-corrected chi connectivity index (χ3v) is 4.13. The number of alkyl halides is 3. The number of nitrogens with zero attached hydrogens (tertiary/aromatic N) is 4. The van der Waals surface area contributed by atoms with Crippen LogP contribution in [0.2, 0.25) is 0 Å². The predicted molar refractivity (Wildman–Crippen MR) is 86.6 cm³/mol. The quantitative estimate of drug-likeness (QED) is 0.532. The summed E-state index contributed by atoms with van der Waals surface area (Å²) in [5, 5.41) is 5.38. The highest BCUT2D eigenvalue weighted by molar-refractivity contribution is 6.07. The first-order valence-corrected chi connectivity index (χ1v) is 7.37. The third-order valence-electron chi connectivity index (χ3n) is 4.13. The van der Waals surface area contributed by atoms with Crippen LogP contribution in [0.5, 0.6) is 0 Å². The van der Waals surface area contributed by atoms with E-state index in [1.165, 1.54) is 18.3 Å². The average Bonchev–Trinajstić information content (AvgIpc) is 2.88. The maximum atomic E-state index is 13.2. The van der Waals surface area contributed by atoms with Crippen molar-refractivity contribution in [1.29, 1.82) is 0 Å². The lowest BCUT2D eigenvalue weighted by molar-refractivity contribution is -0.141. The molecule has 0 radical (unpaired) electrons. The molecule has 8 heteroatoms. The molecule has 3 aromatic heterocycles. The van der Waals surface area contributed by atoms with E-state index in [9.17, 15) is 18.0 Å². The van der Waals surface area contributed by atoms with Gasteiger partial charge in [-0.1, -0.05) is 18.2 Å². The van der Waals surface area contributed by atoms with Gasteiger partial charge in [-0.3, -0.25) is 4.79 Å². The molecular formula is C17H11F3N4O. The number of aromatic nitrogens is 4. The molecule has 0 atom stereocenters. The predicted octanol–water partition coefficient (Wildman–Crippen LogP) is 3.29. The van der Waals surface area contributed by atoms with Gasteiger partial charge in [0, 0.05) is 29.5 Å². The summed E-state index contributed by atoms with van der Waals surface area (Å²) in [4.78, 5) is 16.3. The fraction of sp³-hybridized carbons (Fsp3) is 0.118. The fourth-order valence-corrected chi connectivity index (χ4v) is 3.04. The number of benzene rings is 1. The molecule has 0 bridgehead atoms. The summed E-state index contributed by atoms with van der Waals surface area (Å²) in [5.41, 5.74) is -1.09. The lowest BCUT2D eigenvalue weighted by atomic mass is 10.2. The zero-order chi connectivity index (χ0) is 17.8. The zero-order valence-electron chi connectivity index (χ0n) is 12.9. The van der Waals surface area contributed by atoms with Crippen LogP contribution in [0.4, 0.5) is 13.2 Å². The minimum absolute atomic E-state index is 0.285. The minimum Gasteiger partial charge on any atom is -0.339 e. The number of para-hydroxylation sites is 1. The van der Waals surface area contributed by atoms with Crippen molar-refractivity contribution in [2.45, 2.75) is 6.18 Å². The molecule has 5 nitrogen and oxygen atoms in total. The number of hydrogen-bond donors (Lipinski definition) is 0. The minimum atomic E-state index is -4.69. The summed E-state index contributed by atoms with van der Waals surface area (Å²) in [6.45, 7) is 0. The molecule has 0 N–H and O–H groups in total. The van der Waals surface area contributed by atoms with Gasteiger partial charge in [0.1, 0.15) is 5.52 Å². The number of halogens is 3. The number of aryl methyl sites for hydroxylation is 1. The van der Waals surface area contributed by atoms with Crippen molar-refractivity contribution in [3.63, 3.8) is 0 Å². The second kappa shape index (κ2) is 5.17. The average molecular weight is 344 g/mol. The van der Waals surface area contributed by atoms with Gasteiger partial charge in [-0.25, -0.2) is 4.98 Å². The summed E-state index contributed by atoms with van der Waals surface area (Å²) >= 11 is 0. The third kappa shape index (κ3) is 2.21. The summed E-state index contributed by atoms with van der Waals surface area (Å²) < 4.78 is 42.1. The zero-order valence-corrected chi connectivity index (χ0v) is 12.9. The van der Waals surface area contributed by atoms with E-state index >= 15 is 0 Å². The molecule has 0 saturated carbocycles. The van der Waals surface area contributed by atoms with Gasteiger partial charge in [0.2, 0.25) is 0 Å². The van der Waals surface area contributed by atoms with E-state index in [4.69, 9.17) is 0 Å². The highest BCUT2D eigenvalue weighted by atomic mass is 19.4. The van der Waals surface area contributed by atoms with Crippen LogP contribution in [-0.2, 0) is 13.2 Å². The summed E-state index contributed by atoms with van der Waals surface area (Å²) in [6, 6.07) is 9.86. The molecule has 0 saturated heterocycles. The van der Waals surface area contributed by atoms with Crippen molar-refractivity contribution >= 4 is 21.8 Å². The van der Waals surface area contributed by atoms with Gasteiger partial charge in [-0.05, 0) is 18.2 Å². The molecule has 0 aliphatic rings. The van der Waals surface area contributed by atoms with E-state index in [2.05, 4.69) is 10.1 Å². The molecule has 4 rings (SSSR count). The van der Waals surface area contributed by atoms with E-state index in [1.807, 2.05) is 24.3 Å². The first kappa shape index (κ1) is 15.4. The molecule has 0 aliphatic heterocycles. The number of pyridine rings is 1. The van der Waals surface area contributed by atoms with Gasteiger partial charge in [0.05, 0.1) is 11.9 Å². The summed E-state index contributed by atoms with van der Waals surface area (Å²) in [7, 11) is 1.70.